The van der Waals surface area contributed by atoms with Gasteiger partial charge in [-0.15, -0.1) is 0 Å². The third-order valence-corrected chi connectivity index (χ3v) is 7.18. The van der Waals surface area contributed by atoms with E-state index in [0.29, 0.717) is 40.1 Å². The summed E-state index contributed by atoms with van der Waals surface area (Å²) in [4.78, 5) is 17.7. The number of ether oxygens (including phenoxy) is 4. The van der Waals surface area contributed by atoms with E-state index in [1.807, 2.05) is 66.7 Å². The summed E-state index contributed by atoms with van der Waals surface area (Å²) in [6.45, 7) is 0. The number of rotatable bonds is 9. The largest absolute Gasteiger partial charge is 0.493 e. The average Bonchev–Trinajstić information content (AvgIpc) is 3.43. The number of hydrogen-bond acceptors (Lipinski definition) is 8. The molecule has 0 aliphatic heterocycles. The first-order valence-corrected chi connectivity index (χ1v) is 13.6. The van der Waals surface area contributed by atoms with E-state index in [1.54, 1.807) is 46.6 Å². The van der Waals surface area contributed by atoms with Crippen molar-refractivity contribution in [3.63, 3.8) is 0 Å². The van der Waals surface area contributed by atoms with Crippen molar-refractivity contribution >= 4 is 22.3 Å². The standard InChI is InChI=1S/C17H16N2O2S.C16H16O3/c1-20-13-9-8-12(10-14(13)21-2)15-16(22-17(18)19-15)11-6-4-3-5-7-11;1-18-15-9-8-13(11-16(15)19-2)14(17)10-12-6-4-3-5-7-12/h3-10H,1-2H3,(H2,18,19);3-9,11H,10H2,1-2H3. The number of hydrogen-bond donors (Lipinski definition) is 1. The summed E-state index contributed by atoms with van der Waals surface area (Å²) >= 11 is 1.48. The topological polar surface area (TPSA) is 92.9 Å². The molecule has 0 spiro atoms. The zero-order valence-corrected chi connectivity index (χ0v) is 24.2. The van der Waals surface area contributed by atoms with E-state index < -0.39 is 0 Å². The Balaban J connectivity index is 0.000000191. The smallest absolute Gasteiger partial charge is 0.181 e. The van der Waals surface area contributed by atoms with Crippen molar-refractivity contribution in [1.82, 2.24) is 4.98 Å². The maximum atomic E-state index is 12.2. The fourth-order valence-corrected chi connectivity index (χ4v) is 5.05. The van der Waals surface area contributed by atoms with E-state index >= 15 is 0 Å². The SMILES string of the molecule is COc1ccc(-c2nc(N)sc2-c2ccccc2)cc1OC.COc1ccc(C(=O)Cc2ccccc2)cc1OC. The molecule has 0 aliphatic carbocycles. The van der Waals surface area contributed by atoms with Crippen LogP contribution in [0.3, 0.4) is 0 Å². The molecule has 0 atom stereocenters. The zero-order chi connectivity index (χ0) is 29.2. The Morgan fingerprint density at radius 1 is 0.683 bits per heavy atom. The first kappa shape index (κ1) is 29.2. The lowest BCUT2D eigenvalue weighted by Gasteiger charge is -2.09. The number of anilines is 1. The van der Waals surface area contributed by atoms with Crippen molar-refractivity contribution in [2.45, 2.75) is 6.42 Å². The van der Waals surface area contributed by atoms with Crippen molar-refractivity contribution in [3.05, 3.63) is 108 Å². The van der Waals surface area contributed by atoms with Gasteiger partial charge in [0.05, 0.1) is 39.0 Å². The van der Waals surface area contributed by atoms with Crippen LogP contribution in [0.5, 0.6) is 23.0 Å². The van der Waals surface area contributed by atoms with Crippen LogP contribution >= 0.6 is 11.3 Å². The molecule has 5 rings (SSSR count). The van der Waals surface area contributed by atoms with Gasteiger partial charge in [0.25, 0.3) is 0 Å². The average molecular weight is 569 g/mol. The van der Waals surface area contributed by atoms with Gasteiger partial charge in [-0.3, -0.25) is 4.79 Å². The number of nitrogens with two attached hydrogens (primary N) is 1. The highest BCUT2D eigenvalue weighted by Gasteiger charge is 2.16. The maximum absolute atomic E-state index is 12.2. The van der Waals surface area contributed by atoms with Gasteiger partial charge in [-0.2, -0.15) is 0 Å². The van der Waals surface area contributed by atoms with E-state index in [2.05, 4.69) is 17.1 Å². The van der Waals surface area contributed by atoms with E-state index in [0.717, 1.165) is 27.3 Å². The number of nitrogen functional groups attached to an aromatic ring is 1. The van der Waals surface area contributed by atoms with Crippen LogP contribution < -0.4 is 24.7 Å². The Morgan fingerprint density at radius 2 is 1.24 bits per heavy atom. The fourth-order valence-electron chi connectivity index (χ4n) is 4.19. The van der Waals surface area contributed by atoms with Crippen molar-refractivity contribution in [2.24, 2.45) is 0 Å². The Kier molecular flexibility index (Phi) is 9.96. The predicted molar refractivity (Wildman–Crippen MR) is 165 cm³/mol. The van der Waals surface area contributed by atoms with E-state index in [1.165, 1.54) is 11.3 Å². The number of benzene rings is 4. The highest BCUT2D eigenvalue weighted by molar-refractivity contribution is 7.19. The van der Waals surface area contributed by atoms with Crippen LogP contribution in [0.4, 0.5) is 5.13 Å². The summed E-state index contributed by atoms with van der Waals surface area (Å²) in [5.74, 6) is 2.62. The van der Waals surface area contributed by atoms with E-state index in [4.69, 9.17) is 24.7 Å². The lowest BCUT2D eigenvalue weighted by Crippen LogP contribution is -2.04. The summed E-state index contributed by atoms with van der Waals surface area (Å²) < 4.78 is 21.0. The Bertz CT molecular complexity index is 1590. The van der Waals surface area contributed by atoms with Gasteiger partial charge in [0.1, 0.15) is 0 Å². The normalized spacial score (nSPS) is 10.2. The maximum Gasteiger partial charge on any atom is 0.181 e. The molecule has 0 radical (unpaired) electrons. The molecule has 210 valence electrons. The second-order valence-corrected chi connectivity index (χ2v) is 9.85. The molecule has 0 saturated carbocycles. The molecule has 4 aromatic carbocycles. The summed E-state index contributed by atoms with van der Waals surface area (Å²) in [6, 6.07) is 30.7. The number of carbonyl (C=O) groups excluding carboxylic acids is 1. The molecule has 0 unspecified atom stereocenters. The molecule has 0 saturated heterocycles. The van der Waals surface area contributed by atoms with Crippen LogP contribution in [0.25, 0.3) is 21.7 Å². The number of nitrogens with zero attached hydrogens (tertiary/aromatic N) is 1. The molecule has 0 bridgehead atoms. The summed E-state index contributed by atoms with van der Waals surface area (Å²) in [5.41, 5.74) is 10.5. The Morgan fingerprint density at radius 3 is 1.85 bits per heavy atom. The van der Waals surface area contributed by atoms with Crippen molar-refractivity contribution in [2.75, 3.05) is 34.2 Å². The predicted octanol–water partition coefficient (Wildman–Crippen LogP) is 7.21. The van der Waals surface area contributed by atoms with Gasteiger partial charge in [0.15, 0.2) is 33.9 Å². The number of Topliss-reactive ketones (excluding diaryl/α,β-unsaturated/α-hetero) is 1. The third kappa shape index (κ3) is 7.23. The Labute approximate surface area is 244 Å². The second kappa shape index (κ2) is 14.0. The van der Waals surface area contributed by atoms with Gasteiger partial charge in [-0.1, -0.05) is 72.0 Å². The quantitative estimate of drug-likeness (QED) is 0.188. The number of methoxy groups -OCH3 is 4. The van der Waals surface area contributed by atoms with Crippen LogP contribution in [-0.2, 0) is 6.42 Å². The molecule has 8 heteroatoms. The third-order valence-electron chi connectivity index (χ3n) is 6.25. The van der Waals surface area contributed by atoms with E-state index in [9.17, 15) is 4.79 Å². The van der Waals surface area contributed by atoms with Gasteiger partial charge in [-0.05, 0) is 47.5 Å². The zero-order valence-electron chi connectivity index (χ0n) is 23.4. The molecular formula is C33H32N2O5S. The van der Waals surface area contributed by atoms with Crippen LogP contribution in [0, 0.1) is 0 Å². The molecule has 0 amide bonds. The van der Waals surface area contributed by atoms with Crippen LogP contribution in [-0.4, -0.2) is 39.2 Å². The molecule has 7 nitrogen and oxygen atoms in total. The van der Waals surface area contributed by atoms with Crippen LogP contribution in [0.2, 0.25) is 0 Å². The number of aromatic nitrogens is 1. The molecule has 1 aromatic heterocycles. The summed E-state index contributed by atoms with van der Waals surface area (Å²) in [6.07, 6.45) is 0.385. The molecule has 1 heterocycles. The van der Waals surface area contributed by atoms with Gasteiger partial charge in [-0.25, -0.2) is 4.98 Å². The highest BCUT2D eigenvalue weighted by Crippen LogP contribution is 2.40. The first-order chi connectivity index (χ1) is 20.0. The monoisotopic (exact) mass is 568 g/mol. The molecule has 0 aliphatic rings. The lowest BCUT2D eigenvalue weighted by molar-refractivity contribution is 0.0992. The first-order valence-electron chi connectivity index (χ1n) is 12.8. The minimum Gasteiger partial charge on any atom is -0.493 e. The second-order valence-electron chi connectivity index (χ2n) is 8.82. The number of ketones is 1. The van der Waals surface area contributed by atoms with Crippen molar-refractivity contribution < 1.29 is 23.7 Å². The summed E-state index contributed by atoms with van der Waals surface area (Å²) in [7, 11) is 6.37. The molecule has 2 N–H and O–H groups in total. The number of carbonyl (C=O) groups is 1. The van der Waals surface area contributed by atoms with Crippen LogP contribution in [0.1, 0.15) is 15.9 Å². The highest BCUT2D eigenvalue weighted by atomic mass is 32.1. The van der Waals surface area contributed by atoms with Gasteiger partial charge in [0, 0.05) is 17.5 Å². The number of thiazole rings is 1. The van der Waals surface area contributed by atoms with E-state index in [-0.39, 0.29) is 5.78 Å². The Hall–Kier alpha value is -4.82. The fraction of sp³-hybridized carbons (Fsp3) is 0.152. The van der Waals surface area contributed by atoms with Crippen molar-refractivity contribution in [1.29, 1.82) is 0 Å². The molecule has 5 aromatic rings. The lowest BCUT2D eigenvalue weighted by atomic mass is 10.0. The van der Waals surface area contributed by atoms with Crippen molar-refractivity contribution in [3.8, 4) is 44.7 Å². The molecular weight excluding hydrogens is 536 g/mol. The molecule has 0 fully saturated rings. The van der Waals surface area contributed by atoms with Gasteiger partial charge >= 0.3 is 0 Å². The van der Waals surface area contributed by atoms with Gasteiger partial charge in [0.2, 0.25) is 0 Å². The summed E-state index contributed by atoms with van der Waals surface area (Å²) in [5, 5.41) is 0.545. The molecule has 41 heavy (non-hydrogen) atoms. The minimum absolute atomic E-state index is 0.0622. The van der Waals surface area contributed by atoms with Gasteiger partial charge < -0.3 is 24.7 Å². The minimum atomic E-state index is 0.0622. The van der Waals surface area contributed by atoms with Crippen LogP contribution in [0.15, 0.2) is 97.1 Å².